The van der Waals surface area contributed by atoms with Crippen molar-refractivity contribution < 1.29 is 25.3 Å². The molecule has 3 rings (SSSR count). The third kappa shape index (κ3) is 4.17. The molecule has 0 atom stereocenters. The van der Waals surface area contributed by atoms with Gasteiger partial charge in [0.25, 0.3) is 0 Å². The van der Waals surface area contributed by atoms with Crippen molar-refractivity contribution in [1.29, 1.82) is 0 Å². The van der Waals surface area contributed by atoms with Gasteiger partial charge in [0, 0.05) is 35.2 Å². The van der Waals surface area contributed by atoms with Gasteiger partial charge in [0.2, 0.25) is 30.9 Å². The molecule has 0 bridgehead atoms. The van der Waals surface area contributed by atoms with Crippen molar-refractivity contribution in [2.24, 2.45) is 0 Å². The van der Waals surface area contributed by atoms with Crippen LogP contribution in [0, 0.1) is 0 Å². The Morgan fingerprint density at radius 3 is 1.07 bits per heavy atom. The smallest absolute Gasteiger partial charge is 0.184 e. The molecule has 0 aromatic rings. The van der Waals surface area contributed by atoms with Gasteiger partial charge < -0.3 is 0 Å². The molecule has 6 nitrogen and oxygen atoms in total. The van der Waals surface area contributed by atoms with Crippen molar-refractivity contribution >= 4 is 53.4 Å². The van der Waals surface area contributed by atoms with Crippen LogP contribution >= 0.6 is 7.92 Å². The fourth-order valence-corrected chi connectivity index (χ4v) is 8.45. The van der Waals surface area contributed by atoms with Gasteiger partial charge in [-0.2, -0.15) is 25.3 Å². The molecule has 0 aliphatic heterocycles. The Labute approximate surface area is 168 Å². The normalized spacial score (nSPS) is 18.8. The summed E-state index contributed by atoms with van der Waals surface area (Å²) in [6.45, 7) is 0. The van der Waals surface area contributed by atoms with E-state index in [1.807, 2.05) is 0 Å². The van der Waals surface area contributed by atoms with E-state index in [0.29, 0.717) is 15.9 Å². The van der Waals surface area contributed by atoms with Crippen LogP contribution in [0.25, 0.3) is 0 Å². The minimum atomic E-state index is -2.51. The van der Waals surface area contributed by atoms with E-state index >= 15 is 0 Å². The topological polar surface area (TPSA) is 102 Å². The second-order valence-electron chi connectivity index (χ2n) is 5.86. The van der Waals surface area contributed by atoms with Crippen molar-refractivity contribution in [3.05, 3.63) is 70.6 Å². The zero-order valence-electron chi connectivity index (χ0n) is 14.4. The van der Waals surface area contributed by atoms with Crippen molar-refractivity contribution in [2.45, 2.75) is 19.3 Å². The number of hydrogen-bond donors (Lipinski definition) is 0. The predicted molar refractivity (Wildman–Crippen MR) is 114 cm³/mol. The fourth-order valence-electron chi connectivity index (χ4n) is 3.04. The van der Waals surface area contributed by atoms with E-state index in [0.717, 1.165) is 0 Å². The first kappa shape index (κ1) is 20.7. The maximum atomic E-state index is 11.8. The molecule has 0 amide bonds. The zero-order valence-corrected chi connectivity index (χ0v) is 17.8. The number of rotatable bonds is 3. The second kappa shape index (κ2) is 8.96. The molecule has 0 spiro atoms. The van der Waals surface area contributed by atoms with E-state index in [9.17, 15) is 25.3 Å². The lowest BCUT2D eigenvalue weighted by Crippen LogP contribution is -2.16. The summed E-state index contributed by atoms with van der Waals surface area (Å²) in [6.07, 6.45) is 15.6. The highest BCUT2D eigenvalue weighted by molar-refractivity contribution is 7.84. The lowest BCUT2D eigenvalue weighted by atomic mass is 10.2. The van der Waals surface area contributed by atoms with Crippen LogP contribution in [-0.2, 0) is 30.9 Å². The van der Waals surface area contributed by atoms with E-state index < -0.39 is 38.8 Å². The van der Waals surface area contributed by atoms with E-state index in [1.165, 1.54) is 0 Å². The number of hydrogen-bond acceptors (Lipinski definition) is 6. The average Bonchev–Trinajstić information content (AvgIpc) is 2.69. The summed E-state index contributed by atoms with van der Waals surface area (Å²) in [5.74, 6) is 0. The lowest BCUT2D eigenvalue weighted by molar-refractivity contribution is 0.625. The molecule has 0 aromatic heterocycles. The van der Waals surface area contributed by atoms with E-state index in [2.05, 4.69) is 0 Å². The fraction of sp³-hybridized carbons (Fsp3) is 0.167. The summed E-state index contributed by atoms with van der Waals surface area (Å²) in [5.41, 5.74) is 0. The Bertz CT molecular complexity index is 1140. The van der Waals surface area contributed by atoms with Gasteiger partial charge in [-0.1, -0.05) is 54.7 Å². The van der Waals surface area contributed by atoms with Crippen LogP contribution in [0.5, 0.6) is 0 Å². The third-order valence-electron chi connectivity index (χ3n) is 4.26. The van der Waals surface area contributed by atoms with Crippen molar-refractivity contribution in [2.75, 3.05) is 0 Å². The Balaban J connectivity index is 2.38. The van der Waals surface area contributed by atoms with Crippen LogP contribution < -0.4 is 0 Å². The average molecular weight is 454 g/mol. The minimum absolute atomic E-state index is 0.145. The molecule has 10 heteroatoms. The second-order valence-corrected chi connectivity index (χ2v) is 10.9. The molecular weight excluding hydrogens is 439 g/mol. The Morgan fingerprint density at radius 2 is 0.821 bits per heavy atom. The van der Waals surface area contributed by atoms with E-state index in [-0.39, 0.29) is 33.9 Å². The Kier molecular flexibility index (Phi) is 6.61. The zero-order chi connectivity index (χ0) is 20.3. The highest BCUT2D eigenvalue weighted by atomic mass is 32.2. The first-order valence-corrected chi connectivity index (χ1v) is 12.8. The first-order chi connectivity index (χ1) is 13.4. The Hall–Kier alpha value is -2.06. The van der Waals surface area contributed by atoms with E-state index in [1.54, 1.807) is 54.7 Å². The molecule has 28 heavy (non-hydrogen) atoms. The van der Waals surface area contributed by atoms with Gasteiger partial charge in [-0.15, -0.1) is 0 Å². The van der Waals surface area contributed by atoms with Crippen LogP contribution in [-0.4, -0.2) is 39.8 Å². The van der Waals surface area contributed by atoms with Crippen LogP contribution in [0.2, 0.25) is 0 Å². The van der Waals surface area contributed by atoms with Crippen LogP contribution in [0.3, 0.4) is 0 Å². The monoisotopic (exact) mass is 454 g/mol. The van der Waals surface area contributed by atoms with Gasteiger partial charge in [-0.3, -0.25) is 0 Å². The van der Waals surface area contributed by atoms with Gasteiger partial charge in [-0.05, 0) is 7.92 Å². The maximum absolute atomic E-state index is 11.8. The Morgan fingerprint density at radius 1 is 0.536 bits per heavy atom. The molecule has 0 heterocycles. The highest BCUT2D eigenvalue weighted by Crippen LogP contribution is 2.62. The summed E-state index contributed by atoms with van der Waals surface area (Å²) in [5, 5.41) is 1.33. The number of allylic oxidation sites excluding steroid dienone is 12. The molecule has 0 fully saturated rings. The summed E-state index contributed by atoms with van der Waals surface area (Å²) >= 11 is 0. The maximum Gasteiger partial charge on any atom is 0.218 e. The van der Waals surface area contributed by atoms with Gasteiger partial charge in [0.05, 0.1) is 14.6 Å². The first-order valence-electron chi connectivity index (χ1n) is 8.18. The third-order valence-corrected chi connectivity index (χ3v) is 9.79. The summed E-state index contributed by atoms with van der Waals surface area (Å²) < 4.78 is 71.0. The largest absolute Gasteiger partial charge is 0.218 e. The van der Waals surface area contributed by atoms with E-state index in [4.69, 9.17) is 0 Å². The lowest BCUT2D eigenvalue weighted by Gasteiger charge is -2.29. The predicted octanol–water partition coefficient (Wildman–Crippen LogP) is 2.15. The summed E-state index contributed by atoms with van der Waals surface area (Å²) in [4.78, 5) is 0.435. The SMILES string of the molecule is O=S(=O)=C1CC=CC=C1P(C1=CC=CCC1=S(=O)=O)C1=CC=CCC1=S(=O)=O. The molecular formula is C18H15O6PS3. The molecule has 0 N–H and O–H groups in total. The van der Waals surface area contributed by atoms with Crippen molar-refractivity contribution in [3.8, 4) is 0 Å². The summed E-state index contributed by atoms with van der Waals surface area (Å²) in [7, 11) is -9.22. The van der Waals surface area contributed by atoms with Gasteiger partial charge >= 0.3 is 0 Å². The molecule has 0 radical (unpaired) electrons. The van der Waals surface area contributed by atoms with Gasteiger partial charge in [0.1, 0.15) is 0 Å². The van der Waals surface area contributed by atoms with Crippen molar-refractivity contribution in [1.82, 2.24) is 0 Å². The molecule has 0 saturated carbocycles. The summed E-state index contributed by atoms with van der Waals surface area (Å²) in [6, 6.07) is 0. The van der Waals surface area contributed by atoms with Crippen LogP contribution in [0.4, 0.5) is 0 Å². The molecule has 3 aliphatic rings. The molecule has 3 aliphatic carbocycles. The van der Waals surface area contributed by atoms with Crippen molar-refractivity contribution in [3.63, 3.8) is 0 Å². The van der Waals surface area contributed by atoms with Crippen LogP contribution in [0.1, 0.15) is 19.3 Å². The minimum Gasteiger partial charge on any atom is -0.184 e. The van der Waals surface area contributed by atoms with Crippen LogP contribution in [0.15, 0.2) is 70.6 Å². The highest BCUT2D eigenvalue weighted by Gasteiger charge is 2.33. The quantitative estimate of drug-likeness (QED) is 0.478. The molecule has 0 unspecified atom stereocenters. The molecule has 146 valence electrons. The molecule has 0 saturated heterocycles. The van der Waals surface area contributed by atoms with Gasteiger partial charge in [-0.25, -0.2) is 0 Å². The van der Waals surface area contributed by atoms with Gasteiger partial charge in [0.15, 0.2) is 0 Å². The standard InChI is InChI=1S/C18H15O6PS3/c19-26(20)16-10-4-1-7-13(16)25(14-8-2-5-11-17(14)27(21)22)15-9-3-6-12-18(15)28(23)24/h1-9H,10-12H2. The molecule has 0 aromatic carbocycles.